The van der Waals surface area contributed by atoms with Crippen molar-refractivity contribution in [2.24, 2.45) is 0 Å². The molecule has 0 N–H and O–H groups in total. The van der Waals surface area contributed by atoms with E-state index in [0.29, 0.717) is 0 Å². The third-order valence-electron chi connectivity index (χ3n) is 3.37. The Balaban J connectivity index is 2.35. The zero-order valence-corrected chi connectivity index (χ0v) is 12.9. The zero-order chi connectivity index (χ0) is 13.0. The molecule has 0 aliphatic heterocycles. The number of benzene rings is 2. The van der Waals surface area contributed by atoms with E-state index >= 15 is 0 Å². The van der Waals surface area contributed by atoms with Crippen LogP contribution in [0.5, 0.6) is 0 Å². The van der Waals surface area contributed by atoms with Gasteiger partial charge in [0.15, 0.2) is 0 Å². The Bertz CT molecular complexity index is 941. The number of fused-ring (bicyclic) bond motifs is 5. The molecule has 0 fully saturated rings. The molecule has 92 valence electrons. The third-order valence-corrected chi connectivity index (χ3v) is 4.67. The molecule has 0 radical (unpaired) electrons. The maximum Gasteiger partial charge on any atom is 0.100 e. The summed E-state index contributed by atoms with van der Waals surface area (Å²) in [7, 11) is 0. The molecule has 0 aliphatic carbocycles. The van der Waals surface area contributed by atoms with Crippen molar-refractivity contribution < 1.29 is 0 Å². The van der Waals surface area contributed by atoms with Gasteiger partial charge in [0, 0.05) is 15.2 Å². The average Bonchev–Trinajstić information content (AvgIpc) is 2.72. The van der Waals surface area contributed by atoms with Gasteiger partial charge in [-0.3, -0.25) is 4.40 Å². The van der Waals surface area contributed by atoms with Crippen LogP contribution < -0.4 is 0 Å². The fourth-order valence-corrected chi connectivity index (χ4v) is 3.61. The molecule has 0 saturated carbocycles. The van der Waals surface area contributed by atoms with E-state index in [1.807, 2.05) is 24.5 Å². The first-order valence-electron chi connectivity index (χ1n) is 5.88. The highest BCUT2D eigenvalue weighted by Crippen LogP contribution is 2.36. The molecule has 0 bridgehead atoms. The van der Waals surface area contributed by atoms with E-state index in [0.717, 1.165) is 25.4 Å². The Kier molecular flexibility index (Phi) is 2.44. The molecule has 19 heavy (non-hydrogen) atoms. The Morgan fingerprint density at radius 1 is 0.947 bits per heavy atom. The standard InChI is InChI=1S/C15H8Br2N2/c16-9-5-6-13-11(7-9)14(17)15-10-3-1-2-4-12(10)18-8-19(13)15/h1-8H. The minimum Gasteiger partial charge on any atom is -0.299 e. The van der Waals surface area contributed by atoms with Crippen LogP contribution in [-0.4, -0.2) is 9.38 Å². The molecule has 2 aromatic carbocycles. The lowest BCUT2D eigenvalue weighted by Crippen LogP contribution is -1.88. The van der Waals surface area contributed by atoms with Crippen molar-refractivity contribution in [3.8, 4) is 0 Å². The van der Waals surface area contributed by atoms with Crippen LogP contribution in [0, 0.1) is 0 Å². The van der Waals surface area contributed by atoms with E-state index in [9.17, 15) is 0 Å². The van der Waals surface area contributed by atoms with Crippen LogP contribution in [0.4, 0.5) is 0 Å². The summed E-state index contributed by atoms with van der Waals surface area (Å²) in [6.07, 6.45) is 1.89. The van der Waals surface area contributed by atoms with Gasteiger partial charge in [0.2, 0.25) is 0 Å². The van der Waals surface area contributed by atoms with E-state index in [4.69, 9.17) is 0 Å². The van der Waals surface area contributed by atoms with Gasteiger partial charge in [-0.2, -0.15) is 0 Å². The molecule has 0 spiro atoms. The van der Waals surface area contributed by atoms with Gasteiger partial charge in [-0.25, -0.2) is 4.98 Å². The van der Waals surface area contributed by atoms with Gasteiger partial charge in [-0.15, -0.1) is 0 Å². The first-order valence-corrected chi connectivity index (χ1v) is 7.47. The van der Waals surface area contributed by atoms with Crippen LogP contribution in [0.25, 0.3) is 27.3 Å². The van der Waals surface area contributed by atoms with E-state index in [1.165, 1.54) is 10.9 Å². The number of hydrogen-bond acceptors (Lipinski definition) is 1. The minimum absolute atomic E-state index is 1.01. The number of hydrogen-bond donors (Lipinski definition) is 0. The summed E-state index contributed by atoms with van der Waals surface area (Å²) >= 11 is 7.27. The maximum atomic E-state index is 4.53. The Morgan fingerprint density at radius 3 is 2.68 bits per heavy atom. The molecule has 2 aromatic heterocycles. The summed E-state index contributed by atoms with van der Waals surface area (Å²) in [4.78, 5) is 4.53. The molecular weight excluding hydrogens is 368 g/mol. The fraction of sp³-hybridized carbons (Fsp3) is 0. The molecule has 2 heterocycles. The Hall–Kier alpha value is -1.39. The number of halogens is 2. The van der Waals surface area contributed by atoms with E-state index in [2.05, 4.69) is 65.5 Å². The lowest BCUT2D eigenvalue weighted by Gasteiger charge is -2.01. The van der Waals surface area contributed by atoms with Crippen LogP contribution in [0.1, 0.15) is 0 Å². The highest BCUT2D eigenvalue weighted by Gasteiger charge is 2.12. The van der Waals surface area contributed by atoms with Crippen molar-refractivity contribution in [2.75, 3.05) is 0 Å². The normalized spacial score (nSPS) is 11.7. The topological polar surface area (TPSA) is 17.3 Å². The molecule has 0 atom stereocenters. The number of rotatable bonds is 0. The summed E-state index contributed by atoms with van der Waals surface area (Å²) in [5.41, 5.74) is 3.33. The molecule has 0 amide bonds. The predicted molar refractivity (Wildman–Crippen MR) is 85.6 cm³/mol. The molecule has 4 heteroatoms. The maximum absolute atomic E-state index is 4.53. The van der Waals surface area contributed by atoms with Gasteiger partial charge >= 0.3 is 0 Å². The number of nitrogens with zero attached hydrogens (tertiary/aromatic N) is 2. The van der Waals surface area contributed by atoms with Gasteiger partial charge in [0.1, 0.15) is 6.33 Å². The third kappa shape index (κ3) is 1.56. The van der Waals surface area contributed by atoms with Crippen molar-refractivity contribution in [1.29, 1.82) is 0 Å². The van der Waals surface area contributed by atoms with Crippen LogP contribution in [0.3, 0.4) is 0 Å². The number of aromatic nitrogens is 2. The van der Waals surface area contributed by atoms with Crippen molar-refractivity contribution in [3.05, 3.63) is 57.7 Å². The first-order chi connectivity index (χ1) is 9.25. The first kappa shape index (κ1) is 11.4. The molecule has 2 nitrogen and oxygen atoms in total. The second-order valence-corrected chi connectivity index (χ2v) is 6.16. The van der Waals surface area contributed by atoms with Crippen LogP contribution in [-0.2, 0) is 0 Å². The Labute approximate surface area is 126 Å². The van der Waals surface area contributed by atoms with Crippen LogP contribution >= 0.6 is 31.9 Å². The smallest absolute Gasteiger partial charge is 0.100 e. The molecule has 0 aliphatic rings. The van der Waals surface area contributed by atoms with Gasteiger partial charge < -0.3 is 0 Å². The number of para-hydroxylation sites is 1. The molecule has 0 unspecified atom stereocenters. The summed E-state index contributed by atoms with van der Waals surface area (Å²) in [5, 5.41) is 2.34. The molecule has 4 rings (SSSR count). The largest absolute Gasteiger partial charge is 0.299 e. The highest BCUT2D eigenvalue weighted by atomic mass is 79.9. The second kappa shape index (κ2) is 4.05. The van der Waals surface area contributed by atoms with Crippen molar-refractivity contribution >= 4 is 59.2 Å². The summed E-state index contributed by atoms with van der Waals surface area (Å²) in [6, 6.07) is 14.5. The summed E-state index contributed by atoms with van der Waals surface area (Å²) in [5.74, 6) is 0. The van der Waals surface area contributed by atoms with Crippen LogP contribution in [0.2, 0.25) is 0 Å². The highest BCUT2D eigenvalue weighted by molar-refractivity contribution is 9.11. The lowest BCUT2D eigenvalue weighted by atomic mass is 10.2. The van der Waals surface area contributed by atoms with Gasteiger partial charge in [0.05, 0.1) is 21.0 Å². The quantitative estimate of drug-likeness (QED) is 0.414. The van der Waals surface area contributed by atoms with Gasteiger partial charge in [-0.05, 0) is 40.2 Å². The van der Waals surface area contributed by atoms with E-state index in [-0.39, 0.29) is 0 Å². The van der Waals surface area contributed by atoms with Gasteiger partial charge in [0.25, 0.3) is 0 Å². The zero-order valence-electron chi connectivity index (χ0n) is 9.77. The predicted octanol–water partition coefficient (Wildman–Crippen LogP) is 5.17. The van der Waals surface area contributed by atoms with Crippen molar-refractivity contribution in [2.45, 2.75) is 0 Å². The monoisotopic (exact) mass is 374 g/mol. The van der Waals surface area contributed by atoms with E-state index in [1.54, 1.807) is 0 Å². The van der Waals surface area contributed by atoms with Gasteiger partial charge in [-0.1, -0.05) is 34.1 Å². The Morgan fingerprint density at radius 2 is 1.79 bits per heavy atom. The molecule has 0 saturated heterocycles. The summed E-state index contributed by atoms with van der Waals surface area (Å²) < 4.78 is 4.32. The lowest BCUT2D eigenvalue weighted by molar-refractivity contribution is 1.16. The second-order valence-electron chi connectivity index (χ2n) is 4.46. The van der Waals surface area contributed by atoms with Crippen LogP contribution in [0.15, 0.2) is 57.7 Å². The van der Waals surface area contributed by atoms with Crippen molar-refractivity contribution in [1.82, 2.24) is 9.38 Å². The minimum atomic E-state index is 1.01. The average molecular weight is 376 g/mol. The van der Waals surface area contributed by atoms with Crippen molar-refractivity contribution in [3.63, 3.8) is 0 Å². The SMILES string of the molecule is Brc1ccc2c(c1)c(Br)c1c3ccccc3ncn21. The molecular formula is C15H8Br2N2. The molecule has 4 aromatic rings. The fourth-order valence-electron chi connectivity index (χ4n) is 2.52. The van der Waals surface area contributed by atoms with E-state index < -0.39 is 0 Å². The summed E-state index contributed by atoms with van der Waals surface area (Å²) in [6.45, 7) is 0.